The minimum Gasteiger partial charge on any atom is -0.480 e. The molecule has 0 spiro atoms. The summed E-state index contributed by atoms with van der Waals surface area (Å²) < 4.78 is 4.87. The van der Waals surface area contributed by atoms with E-state index in [1.54, 1.807) is 0 Å². The largest absolute Gasteiger partial charge is 0.480 e. The maximum Gasteiger partial charge on any atom is 0.410 e. The van der Waals surface area contributed by atoms with Crippen molar-refractivity contribution in [3.8, 4) is 0 Å². The first-order valence-corrected chi connectivity index (χ1v) is 5.36. The molecule has 1 atom stereocenters. The summed E-state index contributed by atoms with van der Waals surface area (Å²) in [6, 6.07) is 9.43. The molecule has 2 rings (SSSR count). The molecule has 1 aromatic carbocycles. The summed E-state index contributed by atoms with van der Waals surface area (Å²) in [4.78, 5) is 23.3. The molecular formula is C12H13NO4. The predicted molar refractivity (Wildman–Crippen MR) is 59.6 cm³/mol. The van der Waals surface area contributed by atoms with E-state index in [1.807, 2.05) is 30.3 Å². The maximum absolute atomic E-state index is 11.4. The Bertz CT molecular complexity index is 418. The summed E-state index contributed by atoms with van der Waals surface area (Å²) in [5, 5.41) is 8.73. The molecule has 1 aliphatic heterocycles. The van der Waals surface area contributed by atoms with Gasteiger partial charge in [-0.25, -0.2) is 4.79 Å². The van der Waals surface area contributed by atoms with E-state index in [-0.39, 0.29) is 19.2 Å². The highest BCUT2D eigenvalue weighted by Gasteiger charge is 2.34. The van der Waals surface area contributed by atoms with Crippen LogP contribution in [-0.2, 0) is 16.0 Å². The zero-order chi connectivity index (χ0) is 12.3. The molecule has 1 heterocycles. The van der Waals surface area contributed by atoms with E-state index in [1.165, 1.54) is 4.90 Å². The fourth-order valence-corrected chi connectivity index (χ4v) is 1.88. The number of carbonyl (C=O) groups is 2. The maximum atomic E-state index is 11.4. The van der Waals surface area contributed by atoms with Crippen LogP contribution in [0.25, 0.3) is 0 Å². The lowest BCUT2D eigenvalue weighted by Crippen LogP contribution is -2.38. The lowest BCUT2D eigenvalue weighted by Gasteiger charge is -2.19. The summed E-state index contributed by atoms with van der Waals surface area (Å²) in [6.45, 7) is -0.0582. The van der Waals surface area contributed by atoms with Crippen molar-refractivity contribution < 1.29 is 19.4 Å². The number of hydrogen-bond acceptors (Lipinski definition) is 3. The molecule has 1 saturated heterocycles. The van der Waals surface area contributed by atoms with Crippen LogP contribution in [0.3, 0.4) is 0 Å². The molecule has 5 nitrogen and oxygen atoms in total. The smallest absolute Gasteiger partial charge is 0.410 e. The fraction of sp³-hybridized carbons (Fsp3) is 0.333. The van der Waals surface area contributed by atoms with Crippen LogP contribution in [0.15, 0.2) is 30.3 Å². The number of carboxylic acid groups (broad SMARTS) is 1. The third kappa shape index (κ3) is 2.75. The molecule has 1 N–H and O–H groups in total. The molecule has 0 radical (unpaired) electrons. The number of benzene rings is 1. The summed E-state index contributed by atoms with van der Waals surface area (Å²) in [5.41, 5.74) is 1.06. The van der Waals surface area contributed by atoms with E-state index in [4.69, 9.17) is 9.84 Å². The normalized spacial score (nSPS) is 19.2. The number of carbonyl (C=O) groups excluding carboxylic acids is 1. The quantitative estimate of drug-likeness (QED) is 0.849. The van der Waals surface area contributed by atoms with Crippen molar-refractivity contribution in [2.24, 2.45) is 0 Å². The number of ether oxygens (including phenoxy) is 1. The molecule has 1 unspecified atom stereocenters. The molecule has 1 fully saturated rings. The molecule has 90 valence electrons. The zero-order valence-corrected chi connectivity index (χ0v) is 9.20. The van der Waals surface area contributed by atoms with Gasteiger partial charge in [0.15, 0.2) is 0 Å². The van der Waals surface area contributed by atoms with Crippen molar-refractivity contribution in [2.75, 3.05) is 13.2 Å². The van der Waals surface area contributed by atoms with Gasteiger partial charge in [0.1, 0.15) is 13.2 Å². The van der Waals surface area contributed by atoms with Gasteiger partial charge in [0.2, 0.25) is 0 Å². The fourth-order valence-electron chi connectivity index (χ4n) is 1.88. The van der Waals surface area contributed by atoms with Gasteiger partial charge in [-0.05, 0) is 12.0 Å². The molecule has 0 aliphatic carbocycles. The molecule has 1 aliphatic rings. The Balaban J connectivity index is 2.05. The highest BCUT2D eigenvalue weighted by Crippen LogP contribution is 2.16. The van der Waals surface area contributed by atoms with Gasteiger partial charge in [-0.1, -0.05) is 30.3 Å². The summed E-state index contributed by atoms with van der Waals surface area (Å²) >= 11 is 0. The van der Waals surface area contributed by atoms with Gasteiger partial charge in [-0.3, -0.25) is 9.69 Å². The number of carboxylic acids is 1. The van der Waals surface area contributed by atoms with Gasteiger partial charge in [-0.2, -0.15) is 0 Å². The average Bonchev–Trinajstić information content (AvgIpc) is 2.62. The van der Waals surface area contributed by atoms with Gasteiger partial charge in [0.05, 0.1) is 6.04 Å². The Kier molecular flexibility index (Phi) is 3.27. The number of aliphatic carboxylic acids is 1. The number of hydrogen-bond donors (Lipinski definition) is 1. The molecule has 1 aromatic rings. The number of nitrogens with zero attached hydrogens (tertiary/aromatic N) is 1. The molecule has 17 heavy (non-hydrogen) atoms. The summed E-state index contributed by atoms with van der Waals surface area (Å²) in [7, 11) is 0. The van der Waals surface area contributed by atoms with Gasteiger partial charge >= 0.3 is 12.1 Å². The van der Waals surface area contributed by atoms with Crippen molar-refractivity contribution in [1.29, 1.82) is 0 Å². The first-order valence-electron chi connectivity index (χ1n) is 5.36. The standard InChI is InChI=1S/C12H13NO4/c14-11(15)7-13-10(8-17-12(13)16)6-9-4-2-1-3-5-9/h1-5,10H,6-8H2,(H,14,15). The van der Waals surface area contributed by atoms with E-state index < -0.39 is 12.1 Å². The minimum absolute atomic E-state index is 0.194. The third-order valence-corrected chi connectivity index (χ3v) is 2.69. The van der Waals surface area contributed by atoms with Crippen molar-refractivity contribution in [3.05, 3.63) is 35.9 Å². The van der Waals surface area contributed by atoms with Crippen LogP contribution in [0.2, 0.25) is 0 Å². The monoisotopic (exact) mass is 235 g/mol. The van der Waals surface area contributed by atoms with E-state index in [2.05, 4.69) is 0 Å². The Labute approximate surface area is 98.6 Å². The molecule has 5 heteroatoms. The second-order valence-electron chi connectivity index (χ2n) is 3.94. The SMILES string of the molecule is O=C(O)CN1C(=O)OCC1Cc1ccccc1. The van der Waals surface area contributed by atoms with E-state index in [0.29, 0.717) is 6.42 Å². The lowest BCUT2D eigenvalue weighted by molar-refractivity contribution is -0.137. The Morgan fingerprint density at radius 2 is 2.12 bits per heavy atom. The van der Waals surface area contributed by atoms with Crippen LogP contribution in [0.1, 0.15) is 5.56 Å². The Morgan fingerprint density at radius 3 is 2.76 bits per heavy atom. The number of amides is 1. The first-order chi connectivity index (χ1) is 8.16. The molecule has 1 amide bonds. The van der Waals surface area contributed by atoms with Crippen LogP contribution in [0, 0.1) is 0 Å². The first kappa shape index (κ1) is 11.4. The van der Waals surface area contributed by atoms with Gasteiger partial charge < -0.3 is 9.84 Å². The second kappa shape index (κ2) is 4.86. The van der Waals surface area contributed by atoms with Crippen molar-refractivity contribution in [2.45, 2.75) is 12.5 Å². The predicted octanol–water partition coefficient (Wildman–Crippen LogP) is 1.13. The van der Waals surface area contributed by atoms with E-state index >= 15 is 0 Å². The van der Waals surface area contributed by atoms with Gasteiger partial charge in [-0.15, -0.1) is 0 Å². The Morgan fingerprint density at radius 1 is 1.41 bits per heavy atom. The molecular weight excluding hydrogens is 222 g/mol. The number of cyclic esters (lactones) is 1. The zero-order valence-electron chi connectivity index (χ0n) is 9.20. The lowest BCUT2D eigenvalue weighted by atomic mass is 10.1. The molecule has 0 bridgehead atoms. The van der Waals surface area contributed by atoms with Crippen LogP contribution in [0.4, 0.5) is 4.79 Å². The van der Waals surface area contributed by atoms with Crippen LogP contribution < -0.4 is 0 Å². The molecule has 0 aromatic heterocycles. The van der Waals surface area contributed by atoms with Crippen molar-refractivity contribution in [1.82, 2.24) is 4.90 Å². The van der Waals surface area contributed by atoms with E-state index in [0.717, 1.165) is 5.56 Å². The minimum atomic E-state index is -1.03. The summed E-state index contributed by atoms with van der Waals surface area (Å²) in [5.74, 6) is -1.03. The van der Waals surface area contributed by atoms with Crippen LogP contribution in [-0.4, -0.2) is 41.3 Å². The average molecular weight is 235 g/mol. The third-order valence-electron chi connectivity index (χ3n) is 2.69. The highest BCUT2D eigenvalue weighted by molar-refractivity contribution is 5.78. The van der Waals surface area contributed by atoms with Crippen molar-refractivity contribution in [3.63, 3.8) is 0 Å². The van der Waals surface area contributed by atoms with Crippen LogP contribution >= 0.6 is 0 Å². The highest BCUT2D eigenvalue weighted by atomic mass is 16.6. The van der Waals surface area contributed by atoms with Crippen LogP contribution in [0.5, 0.6) is 0 Å². The Hall–Kier alpha value is -2.04. The molecule has 0 saturated carbocycles. The topological polar surface area (TPSA) is 66.8 Å². The number of rotatable bonds is 4. The summed E-state index contributed by atoms with van der Waals surface area (Å²) in [6.07, 6.45) is 0.0631. The van der Waals surface area contributed by atoms with Gasteiger partial charge in [0.25, 0.3) is 0 Å². The second-order valence-corrected chi connectivity index (χ2v) is 3.94. The van der Waals surface area contributed by atoms with Crippen molar-refractivity contribution >= 4 is 12.1 Å². The van der Waals surface area contributed by atoms with E-state index in [9.17, 15) is 9.59 Å². The van der Waals surface area contributed by atoms with Gasteiger partial charge in [0, 0.05) is 0 Å².